The van der Waals surface area contributed by atoms with Crippen molar-refractivity contribution in [1.29, 1.82) is 0 Å². The molecular weight excluding hydrogens is 218 g/mol. The summed E-state index contributed by atoms with van der Waals surface area (Å²) in [6.45, 7) is 3.83. The van der Waals surface area contributed by atoms with E-state index in [4.69, 9.17) is 9.26 Å². The first-order valence-electron chi connectivity index (χ1n) is 6.53. The summed E-state index contributed by atoms with van der Waals surface area (Å²) in [5.41, 5.74) is 0. The van der Waals surface area contributed by atoms with Crippen molar-refractivity contribution in [3.05, 3.63) is 11.7 Å². The fourth-order valence-electron chi connectivity index (χ4n) is 2.59. The van der Waals surface area contributed by atoms with E-state index in [1.165, 1.54) is 0 Å². The van der Waals surface area contributed by atoms with Crippen molar-refractivity contribution < 1.29 is 9.26 Å². The van der Waals surface area contributed by atoms with E-state index in [-0.39, 0.29) is 0 Å². The topological polar surface area (TPSA) is 60.2 Å². The molecule has 3 heterocycles. The zero-order chi connectivity index (χ0) is 11.5. The lowest BCUT2D eigenvalue weighted by molar-refractivity contribution is 0.185. The second-order valence-electron chi connectivity index (χ2n) is 5.01. The van der Waals surface area contributed by atoms with Crippen LogP contribution in [0.2, 0.25) is 0 Å². The molecule has 17 heavy (non-hydrogen) atoms. The summed E-state index contributed by atoms with van der Waals surface area (Å²) in [4.78, 5) is 4.54. The van der Waals surface area contributed by atoms with Crippen LogP contribution in [0.15, 0.2) is 4.52 Å². The first kappa shape index (κ1) is 11.2. The SMILES string of the molecule is C1CC(c2nc(CC3CCOC3)no2)CCN1. The minimum absolute atomic E-state index is 0.456. The molecule has 0 spiro atoms. The Morgan fingerprint density at radius 1 is 1.24 bits per heavy atom. The van der Waals surface area contributed by atoms with Gasteiger partial charge < -0.3 is 14.6 Å². The van der Waals surface area contributed by atoms with Crippen molar-refractivity contribution in [3.8, 4) is 0 Å². The van der Waals surface area contributed by atoms with E-state index in [0.29, 0.717) is 11.8 Å². The fraction of sp³-hybridized carbons (Fsp3) is 0.833. The molecule has 0 radical (unpaired) electrons. The van der Waals surface area contributed by atoms with Crippen LogP contribution in [0.25, 0.3) is 0 Å². The lowest BCUT2D eigenvalue weighted by Crippen LogP contribution is -2.26. The standard InChI is InChI=1S/C12H19N3O2/c1-4-13-5-2-10(1)12-14-11(15-17-12)7-9-3-6-16-8-9/h9-10,13H,1-8H2. The van der Waals surface area contributed by atoms with Crippen molar-refractivity contribution in [3.63, 3.8) is 0 Å². The van der Waals surface area contributed by atoms with Crippen LogP contribution in [0.1, 0.15) is 36.9 Å². The number of nitrogens with one attached hydrogen (secondary N) is 1. The van der Waals surface area contributed by atoms with Gasteiger partial charge in [-0.25, -0.2) is 0 Å². The molecule has 3 rings (SSSR count). The van der Waals surface area contributed by atoms with E-state index in [1.54, 1.807) is 0 Å². The van der Waals surface area contributed by atoms with E-state index in [2.05, 4.69) is 15.5 Å². The number of rotatable bonds is 3. The monoisotopic (exact) mass is 237 g/mol. The van der Waals surface area contributed by atoms with Crippen LogP contribution in [0.3, 0.4) is 0 Å². The highest BCUT2D eigenvalue weighted by Crippen LogP contribution is 2.24. The number of hydrogen-bond acceptors (Lipinski definition) is 5. The van der Waals surface area contributed by atoms with Crippen molar-refractivity contribution in [1.82, 2.24) is 15.5 Å². The van der Waals surface area contributed by atoms with Gasteiger partial charge in [-0.3, -0.25) is 0 Å². The number of hydrogen-bond donors (Lipinski definition) is 1. The molecule has 2 aliphatic heterocycles. The predicted octanol–water partition coefficient (Wildman–Crippen LogP) is 1.12. The Hall–Kier alpha value is -0.940. The maximum atomic E-state index is 5.38. The van der Waals surface area contributed by atoms with Crippen molar-refractivity contribution in [2.24, 2.45) is 5.92 Å². The lowest BCUT2D eigenvalue weighted by Gasteiger charge is -2.18. The molecule has 0 aliphatic carbocycles. The van der Waals surface area contributed by atoms with Crippen LogP contribution in [0, 0.1) is 5.92 Å². The highest BCUT2D eigenvalue weighted by atomic mass is 16.5. The van der Waals surface area contributed by atoms with Gasteiger partial charge in [0.25, 0.3) is 0 Å². The van der Waals surface area contributed by atoms with Gasteiger partial charge >= 0.3 is 0 Å². The highest BCUT2D eigenvalue weighted by Gasteiger charge is 2.23. The zero-order valence-electron chi connectivity index (χ0n) is 10.0. The Balaban J connectivity index is 1.60. The number of ether oxygens (including phenoxy) is 1. The quantitative estimate of drug-likeness (QED) is 0.853. The summed E-state index contributed by atoms with van der Waals surface area (Å²) < 4.78 is 10.7. The zero-order valence-corrected chi connectivity index (χ0v) is 10.0. The van der Waals surface area contributed by atoms with Crippen molar-refractivity contribution >= 4 is 0 Å². The minimum atomic E-state index is 0.456. The van der Waals surface area contributed by atoms with Gasteiger partial charge in [-0.05, 0) is 38.3 Å². The van der Waals surface area contributed by atoms with Crippen LogP contribution >= 0.6 is 0 Å². The lowest BCUT2D eigenvalue weighted by atomic mass is 9.98. The van der Waals surface area contributed by atoms with Gasteiger partial charge in [0.2, 0.25) is 5.89 Å². The van der Waals surface area contributed by atoms with Crippen molar-refractivity contribution in [2.75, 3.05) is 26.3 Å². The van der Waals surface area contributed by atoms with E-state index in [9.17, 15) is 0 Å². The molecule has 0 bridgehead atoms. The molecule has 5 heteroatoms. The molecule has 2 saturated heterocycles. The first-order chi connectivity index (χ1) is 8.42. The van der Waals surface area contributed by atoms with E-state index in [0.717, 1.165) is 63.7 Å². The van der Waals surface area contributed by atoms with Gasteiger partial charge in [0.15, 0.2) is 5.82 Å². The Kier molecular flexibility index (Phi) is 3.38. The fourth-order valence-corrected chi connectivity index (χ4v) is 2.59. The third kappa shape index (κ3) is 2.66. The van der Waals surface area contributed by atoms with Crippen LogP contribution in [-0.4, -0.2) is 36.4 Å². The maximum Gasteiger partial charge on any atom is 0.229 e. The van der Waals surface area contributed by atoms with Crippen LogP contribution < -0.4 is 5.32 Å². The third-order valence-electron chi connectivity index (χ3n) is 3.67. The van der Waals surface area contributed by atoms with Gasteiger partial charge in [-0.15, -0.1) is 0 Å². The predicted molar refractivity (Wildman–Crippen MR) is 61.8 cm³/mol. The van der Waals surface area contributed by atoms with Crippen LogP contribution in [-0.2, 0) is 11.2 Å². The molecule has 2 aliphatic rings. The summed E-state index contributed by atoms with van der Waals surface area (Å²) in [6.07, 6.45) is 4.23. The molecule has 1 aromatic rings. The first-order valence-corrected chi connectivity index (χ1v) is 6.53. The molecule has 1 unspecified atom stereocenters. The molecule has 2 fully saturated rings. The Labute approximate surface area is 101 Å². The summed E-state index contributed by atoms with van der Waals surface area (Å²) in [7, 11) is 0. The largest absolute Gasteiger partial charge is 0.381 e. The van der Waals surface area contributed by atoms with Crippen LogP contribution in [0.5, 0.6) is 0 Å². The Bertz CT molecular complexity index is 354. The number of aromatic nitrogens is 2. The summed E-state index contributed by atoms with van der Waals surface area (Å²) >= 11 is 0. The van der Waals surface area contributed by atoms with Gasteiger partial charge in [-0.1, -0.05) is 5.16 Å². The molecular formula is C12H19N3O2. The molecule has 0 saturated carbocycles. The number of piperidine rings is 1. The third-order valence-corrected chi connectivity index (χ3v) is 3.67. The molecule has 1 atom stereocenters. The molecule has 0 amide bonds. The summed E-state index contributed by atoms with van der Waals surface area (Å²) in [5, 5.41) is 7.44. The van der Waals surface area contributed by atoms with Gasteiger partial charge in [-0.2, -0.15) is 4.98 Å². The highest BCUT2D eigenvalue weighted by molar-refractivity contribution is 4.97. The Morgan fingerprint density at radius 3 is 2.88 bits per heavy atom. The molecule has 1 N–H and O–H groups in total. The van der Waals surface area contributed by atoms with E-state index < -0.39 is 0 Å². The molecule has 1 aromatic heterocycles. The van der Waals surface area contributed by atoms with E-state index in [1.807, 2.05) is 0 Å². The van der Waals surface area contributed by atoms with Gasteiger partial charge in [0.1, 0.15) is 0 Å². The second kappa shape index (κ2) is 5.14. The molecule has 5 nitrogen and oxygen atoms in total. The second-order valence-corrected chi connectivity index (χ2v) is 5.01. The number of nitrogens with zero attached hydrogens (tertiary/aromatic N) is 2. The molecule has 94 valence electrons. The maximum absolute atomic E-state index is 5.38. The van der Waals surface area contributed by atoms with E-state index >= 15 is 0 Å². The Morgan fingerprint density at radius 2 is 2.12 bits per heavy atom. The smallest absolute Gasteiger partial charge is 0.229 e. The molecule has 0 aromatic carbocycles. The van der Waals surface area contributed by atoms with Crippen molar-refractivity contribution in [2.45, 2.75) is 31.6 Å². The van der Waals surface area contributed by atoms with Gasteiger partial charge in [0.05, 0.1) is 0 Å². The summed E-state index contributed by atoms with van der Waals surface area (Å²) in [5.74, 6) is 2.72. The van der Waals surface area contributed by atoms with Crippen LogP contribution in [0.4, 0.5) is 0 Å². The average Bonchev–Trinajstić information content (AvgIpc) is 3.02. The minimum Gasteiger partial charge on any atom is -0.381 e. The summed E-state index contributed by atoms with van der Waals surface area (Å²) in [6, 6.07) is 0. The normalized spacial score (nSPS) is 26.5. The van der Waals surface area contributed by atoms with Gasteiger partial charge in [0, 0.05) is 25.6 Å². The average molecular weight is 237 g/mol.